The molecule has 0 fully saturated rings. The lowest BCUT2D eigenvalue weighted by Gasteiger charge is -2.09. The molecule has 0 radical (unpaired) electrons. The van der Waals surface area contributed by atoms with Crippen molar-refractivity contribution in [3.63, 3.8) is 0 Å². The predicted molar refractivity (Wildman–Crippen MR) is 90.3 cm³/mol. The summed E-state index contributed by atoms with van der Waals surface area (Å²) in [6.45, 7) is 4.39. The molecule has 1 aromatic heterocycles. The lowest BCUT2D eigenvalue weighted by atomic mass is 10.0. The summed E-state index contributed by atoms with van der Waals surface area (Å²) in [6, 6.07) is 23.7. The summed E-state index contributed by atoms with van der Waals surface area (Å²) in [4.78, 5) is 0. The predicted octanol–water partition coefficient (Wildman–Crippen LogP) is 5.40. The largest absolute Gasteiger partial charge is 0.309 e. The minimum Gasteiger partial charge on any atom is -0.309 e. The molecule has 21 heavy (non-hydrogen) atoms. The molecule has 1 heterocycles. The Morgan fingerprint density at radius 3 is 2.14 bits per heavy atom. The zero-order valence-corrected chi connectivity index (χ0v) is 12.3. The van der Waals surface area contributed by atoms with Gasteiger partial charge in [-0.15, -0.1) is 0 Å². The van der Waals surface area contributed by atoms with E-state index in [1.165, 1.54) is 38.6 Å². The third kappa shape index (κ3) is 1.71. The fourth-order valence-electron chi connectivity index (χ4n) is 3.27. The van der Waals surface area contributed by atoms with E-state index in [4.69, 9.17) is 0 Å². The van der Waals surface area contributed by atoms with E-state index in [1.807, 2.05) is 0 Å². The van der Waals surface area contributed by atoms with E-state index in [0.29, 0.717) is 0 Å². The lowest BCUT2D eigenvalue weighted by molar-refractivity contribution is 1.17. The van der Waals surface area contributed by atoms with Gasteiger partial charge in [-0.1, -0.05) is 48.5 Å². The molecule has 0 amide bonds. The topological polar surface area (TPSA) is 4.93 Å². The van der Waals surface area contributed by atoms with Crippen LogP contribution in [-0.4, -0.2) is 4.57 Å². The normalized spacial score (nSPS) is 11.3. The average Bonchev–Trinajstić information content (AvgIpc) is 2.88. The van der Waals surface area contributed by atoms with E-state index >= 15 is 0 Å². The first-order valence-electron chi connectivity index (χ1n) is 7.32. The highest BCUT2D eigenvalue weighted by Gasteiger charge is 2.14. The van der Waals surface area contributed by atoms with Crippen molar-refractivity contribution in [1.29, 1.82) is 0 Å². The van der Waals surface area contributed by atoms with Crippen molar-refractivity contribution in [2.24, 2.45) is 0 Å². The Labute approximate surface area is 124 Å². The molecule has 0 aliphatic rings. The Hall–Kier alpha value is -2.54. The third-order valence-electron chi connectivity index (χ3n) is 4.24. The van der Waals surface area contributed by atoms with Gasteiger partial charge in [-0.3, -0.25) is 0 Å². The number of rotatable bonds is 1. The molecule has 1 heteroatoms. The molecule has 0 saturated carbocycles. The highest BCUT2D eigenvalue weighted by atomic mass is 15.0. The van der Waals surface area contributed by atoms with Crippen LogP contribution in [0.15, 0.2) is 66.7 Å². The van der Waals surface area contributed by atoms with Gasteiger partial charge in [0.2, 0.25) is 0 Å². The minimum atomic E-state index is 1.22. The number of hydrogen-bond donors (Lipinski definition) is 0. The van der Waals surface area contributed by atoms with Gasteiger partial charge < -0.3 is 4.57 Å². The number of aryl methyl sites for hydroxylation is 2. The second-order valence-electron chi connectivity index (χ2n) is 5.61. The zero-order valence-electron chi connectivity index (χ0n) is 12.3. The minimum absolute atomic E-state index is 1.22. The molecule has 0 aliphatic carbocycles. The number of aromatic nitrogens is 1. The van der Waals surface area contributed by atoms with Crippen LogP contribution in [-0.2, 0) is 0 Å². The SMILES string of the molecule is Cc1ccc(C)c2c1c1ccccc1n2-c1ccccc1. The third-order valence-corrected chi connectivity index (χ3v) is 4.24. The van der Waals surface area contributed by atoms with E-state index in [0.717, 1.165) is 0 Å². The number of para-hydroxylation sites is 2. The fourth-order valence-corrected chi connectivity index (χ4v) is 3.27. The molecule has 0 saturated heterocycles. The van der Waals surface area contributed by atoms with Gasteiger partial charge in [0.25, 0.3) is 0 Å². The highest BCUT2D eigenvalue weighted by molar-refractivity contribution is 6.11. The van der Waals surface area contributed by atoms with E-state index in [9.17, 15) is 0 Å². The van der Waals surface area contributed by atoms with Gasteiger partial charge in [0.1, 0.15) is 0 Å². The van der Waals surface area contributed by atoms with Crippen molar-refractivity contribution in [3.05, 3.63) is 77.9 Å². The number of benzene rings is 3. The second kappa shape index (κ2) is 4.49. The fraction of sp³-hybridized carbons (Fsp3) is 0.100. The molecule has 0 aliphatic heterocycles. The molecule has 0 unspecified atom stereocenters. The molecule has 0 bridgehead atoms. The number of nitrogens with zero attached hydrogens (tertiary/aromatic N) is 1. The first kappa shape index (κ1) is 12.2. The first-order valence-corrected chi connectivity index (χ1v) is 7.32. The molecule has 0 spiro atoms. The molecular formula is C20H17N. The molecule has 4 aromatic rings. The van der Waals surface area contributed by atoms with Crippen LogP contribution in [0.1, 0.15) is 11.1 Å². The van der Waals surface area contributed by atoms with Crippen LogP contribution < -0.4 is 0 Å². The number of fused-ring (bicyclic) bond motifs is 3. The van der Waals surface area contributed by atoms with Crippen LogP contribution in [0.5, 0.6) is 0 Å². The van der Waals surface area contributed by atoms with Crippen LogP contribution >= 0.6 is 0 Å². The van der Waals surface area contributed by atoms with E-state index in [1.54, 1.807) is 0 Å². The smallest absolute Gasteiger partial charge is 0.0572 e. The highest BCUT2D eigenvalue weighted by Crippen LogP contribution is 2.35. The molecule has 4 rings (SSSR count). The van der Waals surface area contributed by atoms with Crippen LogP contribution in [0.4, 0.5) is 0 Å². The van der Waals surface area contributed by atoms with Crippen molar-refractivity contribution in [1.82, 2.24) is 4.57 Å². The quantitative estimate of drug-likeness (QED) is 0.437. The van der Waals surface area contributed by atoms with Gasteiger partial charge in [0, 0.05) is 16.5 Å². The van der Waals surface area contributed by atoms with Crippen LogP contribution in [0.3, 0.4) is 0 Å². The van der Waals surface area contributed by atoms with Gasteiger partial charge in [-0.05, 0) is 43.2 Å². The monoisotopic (exact) mass is 271 g/mol. The Balaban J connectivity index is 2.30. The van der Waals surface area contributed by atoms with Gasteiger partial charge in [-0.25, -0.2) is 0 Å². The Bertz CT molecular complexity index is 946. The lowest BCUT2D eigenvalue weighted by Crippen LogP contribution is -1.94. The van der Waals surface area contributed by atoms with Crippen molar-refractivity contribution >= 4 is 21.8 Å². The molecule has 0 atom stereocenters. The maximum absolute atomic E-state index is 2.38. The Kier molecular flexibility index (Phi) is 2.61. The molecular weight excluding hydrogens is 254 g/mol. The van der Waals surface area contributed by atoms with Crippen LogP contribution in [0.25, 0.3) is 27.5 Å². The van der Waals surface area contributed by atoms with Crippen molar-refractivity contribution in [2.45, 2.75) is 13.8 Å². The van der Waals surface area contributed by atoms with Crippen LogP contribution in [0, 0.1) is 13.8 Å². The molecule has 1 nitrogen and oxygen atoms in total. The van der Waals surface area contributed by atoms with Crippen molar-refractivity contribution in [3.8, 4) is 5.69 Å². The van der Waals surface area contributed by atoms with Crippen molar-refractivity contribution in [2.75, 3.05) is 0 Å². The molecule has 0 N–H and O–H groups in total. The summed E-state index contributed by atoms with van der Waals surface area (Å²) in [6.07, 6.45) is 0. The van der Waals surface area contributed by atoms with E-state index in [-0.39, 0.29) is 0 Å². The summed E-state index contributed by atoms with van der Waals surface area (Å²) < 4.78 is 2.38. The summed E-state index contributed by atoms with van der Waals surface area (Å²) in [5.74, 6) is 0. The summed E-state index contributed by atoms with van der Waals surface area (Å²) >= 11 is 0. The zero-order chi connectivity index (χ0) is 14.4. The first-order chi connectivity index (χ1) is 10.3. The molecule has 102 valence electrons. The summed E-state index contributed by atoms with van der Waals surface area (Å²) in [5.41, 5.74) is 6.47. The summed E-state index contributed by atoms with van der Waals surface area (Å²) in [7, 11) is 0. The van der Waals surface area contributed by atoms with Gasteiger partial charge in [-0.2, -0.15) is 0 Å². The van der Waals surface area contributed by atoms with Gasteiger partial charge >= 0.3 is 0 Å². The van der Waals surface area contributed by atoms with E-state index in [2.05, 4.69) is 85.1 Å². The Morgan fingerprint density at radius 1 is 0.667 bits per heavy atom. The maximum atomic E-state index is 2.38. The Morgan fingerprint density at radius 2 is 1.33 bits per heavy atom. The van der Waals surface area contributed by atoms with Gasteiger partial charge in [0.05, 0.1) is 11.0 Å². The second-order valence-corrected chi connectivity index (χ2v) is 5.61. The standard InChI is InChI=1S/C20H17N/c1-14-12-13-15(2)20-19(14)17-10-6-7-11-18(17)21(20)16-8-4-3-5-9-16/h3-13H,1-2H3. The average molecular weight is 271 g/mol. The maximum Gasteiger partial charge on any atom is 0.0572 e. The summed E-state index contributed by atoms with van der Waals surface area (Å²) in [5, 5.41) is 2.70. The number of hydrogen-bond acceptors (Lipinski definition) is 0. The van der Waals surface area contributed by atoms with Crippen molar-refractivity contribution < 1.29 is 0 Å². The van der Waals surface area contributed by atoms with E-state index < -0.39 is 0 Å². The van der Waals surface area contributed by atoms with Gasteiger partial charge in [0.15, 0.2) is 0 Å². The molecule has 3 aromatic carbocycles. The van der Waals surface area contributed by atoms with Crippen LogP contribution in [0.2, 0.25) is 0 Å².